The summed E-state index contributed by atoms with van der Waals surface area (Å²) >= 11 is 0. The first-order valence-electron chi connectivity index (χ1n) is 7.92. The van der Waals surface area contributed by atoms with Crippen molar-refractivity contribution in [3.63, 3.8) is 0 Å². The summed E-state index contributed by atoms with van der Waals surface area (Å²) in [6, 6.07) is 10.4. The van der Waals surface area contributed by atoms with E-state index in [1.54, 1.807) is 0 Å². The van der Waals surface area contributed by atoms with Crippen molar-refractivity contribution in [2.75, 3.05) is 26.2 Å². The molecule has 116 valence electrons. The fraction of sp³-hybridized carbons (Fsp3) is 0.647. The number of nitrogens with zero attached hydrogens (tertiary/aromatic N) is 1. The van der Waals surface area contributed by atoms with Crippen LogP contribution in [0.4, 0.5) is 0 Å². The average Bonchev–Trinajstić information content (AvgIpc) is 2.87. The lowest BCUT2D eigenvalue weighted by Crippen LogP contribution is -2.49. The van der Waals surface area contributed by atoms with Crippen molar-refractivity contribution in [1.82, 2.24) is 4.90 Å². The van der Waals surface area contributed by atoms with E-state index in [2.05, 4.69) is 24.0 Å². The van der Waals surface area contributed by atoms with Crippen LogP contribution in [0.25, 0.3) is 0 Å². The predicted octanol–water partition coefficient (Wildman–Crippen LogP) is 1.94. The van der Waals surface area contributed by atoms with Gasteiger partial charge in [0, 0.05) is 24.7 Å². The molecule has 2 aliphatic heterocycles. The minimum Gasteiger partial charge on any atom is -0.343 e. The summed E-state index contributed by atoms with van der Waals surface area (Å²) in [4.78, 5) is 2.41. The quantitative estimate of drug-likeness (QED) is 0.924. The van der Waals surface area contributed by atoms with Gasteiger partial charge in [0.25, 0.3) is 0 Å². The molecule has 4 nitrogen and oxygen atoms in total. The summed E-state index contributed by atoms with van der Waals surface area (Å²) in [5.74, 6) is 0.00787. The Balaban J connectivity index is 1.58. The van der Waals surface area contributed by atoms with E-state index < -0.39 is 5.79 Å². The highest BCUT2D eigenvalue weighted by Gasteiger charge is 2.39. The van der Waals surface area contributed by atoms with Gasteiger partial charge in [-0.2, -0.15) is 0 Å². The van der Waals surface area contributed by atoms with Crippen LogP contribution in [0.1, 0.15) is 25.8 Å². The van der Waals surface area contributed by atoms with Gasteiger partial charge >= 0.3 is 0 Å². The van der Waals surface area contributed by atoms with E-state index in [1.807, 2.05) is 25.1 Å². The number of nitrogens with two attached hydrogens (primary N) is 1. The molecular formula is C17H26N2O2. The second-order valence-corrected chi connectivity index (χ2v) is 6.55. The molecule has 1 aromatic rings. The molecule has 21 heavy (non-hydrogen) atoms. The lowest BCUT2D eigenvalue weighted by Gasteiger charge is -2.36. The molecule has 2 aliphatic rings. The first-order valence-corrected chi connectivity index (χ1v) is 7.92. The van der Waals surface area contributed by atoms with Crippen LogP contribution in [-0.4, -0.2) is 43.3 Å². The number of likely N-dealkylation sites (tertiary alicyclic amines) is 1. The molecule has 0 amide bonds. The monoisotopic (exact) mass is 290 g/mol. The Bertz CT molecular complexity index is 467. The smallest absolute Gasteiger partial charge is 0.192 e. The van der Waals surface area contributed by atoms with Crippen LogP contribution in [0.5, 0.6) is 0 Å². The number of ether oxygens (including phenoxy) is 2. The molecule has 0 aliphatic carbocycles. The highest BCUT2D eigenvalue weighted by atomic mass is 16.7. The van der Waals surface area contributed by atoms with Gasteiger partial charge in [-0.05, 0) is 25.8 Å². The third kappa shape index (κ3) is 3.29. The highest BCUT2D eigenvalue weighted by Crippen LogP contribution is 2.34. The summed E-state index contributed by atoms with van der Waals surface area (Å²) in [6.07, 6.45) is 1.29. The summed E-state index contributed by atoms with van der Waals surface area (Å²) in [7, 11) is 0. The summed E-state index contributed by atoms with van der Waals surface area (Å²) in [5.41, 5.74) is 7.25. The Hall–Kier alpha value is -0.940. The molecule has 2 fully saturated rings. The Labute approximate surface area is 127 Å². The van der Waals surface area contributed by atoms with Crippen LogP contribution in [0.3, 0.4) is 0 Å². The van der Waals surface area contributed by atoms with Crippen molar-refractivity contribution in [2.24, 2.45) is 11.7 Å². The molecule has 0 radical (unpaired) electrons. The molecule has 3 rings (SSSR count). The maximum Gasteiger partial charge on any atom is 0.192 e. The Morgan fingerprint density at radius 1 is 1.33 bits per heavy atom. The van der Waals surface area contributed by atoms with E-state index in [-0.39, 0.29) is 12.1 Å². The lowest BCUT2D eigenvalue weighted by molar-refractivity contribution is -0.163. The fourth-order valence-corrected chi connectivity index (χ4v) is 3.24. The van der Waals surface area contributed by atoms with Crippen LogP contribution in [0, 0.1) is 5.92 Å². The van der Waals surface area contributed by atoms with Crippen LogP contribution in [-0.2, 0) is 15.3 Å². The van der Waals surface area contributed by atoms with E-state index in [0.717, 1.165) is 25.2 Å². The maximum absolute atomic E-state index is 6.20. The van der Waals surface area contributed by atoms with Crippen LogP contribution in [0.15, 0.2) is 30.3 Å². The van der Waals surface area contributed by atoms with Crippen LogP contribution in [0.2, 0.25) is 0 Å². The topological polar surface area (TPSA) is 47.7 Å². The van der Waals surface area contributed by atoms with E-state index in [4.69, 9.17) is 15.2 Å². The van der Waals surface area contributed by atoms with Crippen molar-refractivity contribution in [2.45, 2.75) is 38.2 Å². The highest BCUT2D eigenvalue weighted by molar-refractivity contribution is 5.20. The molecule has 0 saturated carbocycles. The van der Waals surface area contributed by atoms with Gasteiger partial charge in [0.15, 0.2) is 5.79 Å². The second-order valence-electron chi connectivity index (χ2n) is 6.55. The molecular weight excluding hydrogens is 264 g/mol. The second kappa shape index (κ2) is 6.05. The van der Waals surface area contributed by atoms with Crippen molar-refractivity contribution >= 4 is 0 Å². The SMILES string of the molecule is CC1CCN(CC2COC(C)(c3ccccc3)O2)CC1N. The van der Waals surface area contributed by atoms with Gasteiger partial charge < -0.3 is 15.2 Å². The van der Waals surface area contributed by atoms with Gasteiger partial charge in [0.05, 0.1) is 12.7 Å². The van der Waals surface area contributed by atoms with E-state index in [9.17, 15) is 0 Å². The zero-order valence-electron chi connectivity index (χ0n) is 13.0. The van der Waals surface area contributed by atoms with E-state index in [1.165, 1.54) is 6.42 Å². The minimum atomic E-state index is -0.614. The van der Waals surface area contributed by atoms with Crippen molar-refractivity contribution in [3.05, 3.63) is 35.9 Å². The van der Waals surface area contributed by atoms with Gasteiger partial charge in [-0.15, -0.1) is 0 Å². The first kappa shape index (κ1) is 15.0. The lowest BCUT2D eigenvalue weighted by atomic mass is 9.94. The van der Waals surface area contributed by atoms with Gasteiger partial charge in [0.2, 0.25) is 0 Å². The summed E-state index contributed by atoms with van der Waals surface area (Å²) < 4.78 is 12.1. The normalized spacial score (nSPS) is 37.8. The largest absolute Gasteiger partial charge is 0.343 e. The zero-order chi connectivity index (χ0) is 14.9. The van der Waals surface area contributed by atoms with Gasteiger partial charge in [-0.3, -0.25) is 4.90 Å². The number of benzene rings is 1. The first-order chi connectivity index (χ1) is 10.1. The third-order valence-corrected chi connectivity index (χ3v) is 4.80. The molecule has 1 aromatic carbocycles. The number of piperidine rings is 1. The number of hydrogen-bond acceptors (Lipinski definition) is 4. The van der Waals surface area contributed by atoms with Gasteiger partial charge in [-0.25, -0.2) is 0 Å². The maximum atomic E-state index is 6.20. The van der Waals surface area contributed by atoms with Gasteiger partial charge in [-0.1, -0.05) is 37.3 Å². The Morgan fingerprint density at radius 2 is 2.10 bits per heavy atom. The summed E-state index contributed by atoms with van der Waals surface area (Å²) in [6.45, 7) is 7.87. The molecule has 0 spiro atoms. The molecule has 2 heterocycles. The fourth-order valence-electron chi connectivity index (χ4n) is 3.24. The zero-order valence-corrected chi connectivity index (χ0v) is 13.0. The molecule has 0 bridgehead atoms. The van der Waals surface area contributed by atoms with E-state index in [0.29, 0.717) is 12.5 Å². The minimum absolute atomic E-state index is 0.121. The van der Waals surface area contributed by atoms with Crippen LogP contribution < -0.4 is 5.73 Å². The molecule has 4 unspecified atom stereocenters. The number of hydrogen-bond donors (Lipinski definition) is 1. The summed E-state index contributed by atoms with van der Waals surface area (Å²) in [5, 5.41) is 0. The molecule has 2 N–H and O–H groups in total. The van der Waals surface area contributed by atoms with Crippen LogP contribution >= 0.6 is 0 Å². The average molecular weight is 290 g/mol. The van der Waals surface area contributed by atoms with E-state index >= 15 is 0 Å². The molecule has 0 aromatic heterocycles. The Kier molecular flexibility index (Phi) is 4.31. The van der Waals surface area contributed by atoms with Gasteiger partial charge in [0.1, 0.15) is 0 Å². The molecule has 4 heteroatoms. The van der Waals surface area contributed by atoms with Crippen molar-refractivity contribution in [1.29, 1.82) is 0 Å². The standard InChI is InChI=1S/C17H26N2O2/c1-13-8-9-19(11-16(13)18)10-15-12-20-17(2,21-15)14-6-4-3-5-7-14/h3-7,13,15-16H,8-12,18H2,1-2H3. The molecule has 2 saturated heterocycles. The predicted molar refractivity (Wildman–Crippen MR) is 82.8 cm³/mol. The van der Waals surface area contributed by atoms with Crippen molar-refractivity contribution < 1.29 is 9.47 Å². The number of rotatable bonds is 3. The third-order valence-electron chi connectivity index (χ3n) is 4.80. The Morgan fingerprint density at radius 3 is 2.81 bits per heavy atom. The molecule has 4 atom stereocenters. The van der Waals surface area contributed by atoms with Crippen molar-refractivity contribution in [3.8, 4) is 0 Å².